The Morgan fingerprint density at radius 3 is 2.62 bits per heavy atom. The second-order valence-corrected chi connectivity index (χ2v) is 3.95. The van der Waals surface area contributed by atoms with Gasteiger partial charge >= 0.3 is 0 Å². The van der Waals surface area contributed by atoms with Gasteiger partial charge in [0, 0.05) is 5.92 Å². The molecule has 0 aromatic rings. The van der Waals surface area contributed by atoms with Gasteiger partial charge in [-0.25, -0.2) is 0 Å². The minimum absolute atomic E-state index is 0.0650. The molecular formula is C10H17NO2. The van der Waals surface area contributed by atoms with Crippen LogP contribution >= 0.6 is 0 Å². The number of nitroso groups, excluding NO2 is 1. The minimum Gasteiger partial charge on any atom is -0.303 e. The van der Waals surface area contributed by atoms with Crippen molar-refractivity contribution >= 4 is 6.29 Å². The molecule has 3 heteroatoms. The van der Waals surface area contributed by atoms with Crippen molar-refractivity contribution in [1.82, 2.24) is 0 Å². The number of hydrogen-bond donors (Lipinski definition) is 0. The average Bonchev–Trinajstić information content (AvgIpc) is 2.41. The van der Waals surface area contributed by atoms with Crippen LogP contribution < -0.4 is 0 Å². The van der Waals surface area contributed by atoms with Crippen LogP contribution in [0.15, 0.2) is 5.18 Å². The van der Waals surface area contributed by atoms with E-state index in [9.17, 15) is 9.70 Å². The molecule has 3 nitrogen and oxygen atoms in total. The van der Waals surface area contributed by atoms with Crippen LogP contribution in [0.1, 0.15) is 39.0 Å². The zero-order chi connectivity index (χ0) is 9.68. The lowest BCUT2D eigenvalue weighted by atomic mass is 9.84. The molecule has 0 aliphatic heterocycles. The molecule has 0 spiro atoms. The molecule has 3 unspecified atom stereocenters. The predicted octanol–water partition coefficient (Wildman–Crippen LogP) is 2.54. The summed E-state index contributed by atoms with van der Waals surface area (Å²) < 4.78 is 0. The summed E-state index contributed by atoms with van der Waals surface area (Å²) in [5.74, 6) is 0.257. The second-order valence-electron chi connectivity index (χ2n) is 3.95. The molecule has 0 N–H and O–H groups in total. The molecule has 0 radical (unpaired) electrons. The second kappa shape index (κ2) is 5.10. The number of nitrogens with zero attached hydrogens (tertiary/aromatic N) is 1. The fourth-order valence-electron chi connectivity index (χ4n) is 2.21. The minimum atomic E-state index is -0.201. The molecule has 1 fully saturated rings. The lowest BCUT2D eigenvalue weighted by molar-refractivity contribution is -0.112. The van der Waals surface area contributed by atoms with Gasteiger partial charge in [0.2, 0.25) is 0 Å². The van der Waals surface area contributed by atoms with Gasteiger partial charge in [-0.15, -0.1) is 0 Å². The topological polar surface area (TPSA) is 46.5 Å². The van der Waals surface area contributed by atoms with Crippen molar-refractivity contribution in [2.75, 3.05) is 0 Å². The zero-order valence-corrected chi connectivity index (χ0v) is 8.11. The molecule has 13 heavy (non-hydrogen) atoms. The summed E-state index contributed by atoms with van der Waals surface area (Å²) in [4.78, 5) is 21.2. The van der Waals surface area contributed by atoms with E-state index in [-0.39, 0.29) is 17.9 Å². The van der Waals surface area contributed by atoms with Crippen molar-refractivity contribution in [2.45, 2.75) is 45.1 Å². The monoisotopic (exact) mass is 183 g/mol. The third-order valence-electron chi connectivity index (χ3n) is 3.09. The highest BCUT2D eigenvalue weighted by molar-refractivity contribution is 5.54. The highest BCUT2D eigenvalue weighted by atomic mass is 16.3. The van der Waals surface area contributed by atoms with E-state index in [0.29, 0.717) is 0 Å². The molecule has 1 rings (SSSR count). The molecule has 3 atom stereocenters. The first-order valence-corrected chi connectivity index (χ1v) is 5.07. The van der Waals surface area contributed by atoms with Crippen molar-refractivity contribution in [3.05, 3.63) is 4.91 Å². The number of carbonyl (C=O) groups excluding carboxylic acids is 1. The molecule has 1 saturated carbocycles. The SMILES string of the molecule is CC(N=O)C1CCCCCC1C=O. The Morgan fingerprint density at radius 2 is 2.00 bits per heavy atom. The van der Waals surface area contributed by atoms with E-state index in [1.807, 2.05) is 6.92 Å². The summed E-state index contributed by atoms with van der Waals surface area (Å²) in [5, 5.41) is 3.04. The smallest absolute Gasteiger partial charge is 0.123 e. The first-order valence-electron chi connectivity index (χ1n) is 5.07. The molecule has 0 heterocycles. The number of carbonyl (C=O) groups is 1. The van der Waals surface area contributed by atoms with E-state index < -0.39 is 0 Å². The number of hydrogen-bond acceptors (Lipinski definition) is 3. The van der Waals surface area contributed by atoms with Gasteiger partial charge in [0.25, 0.3) is 0 Å². The predicted molar refractivity (Wildman–Crippen MR) is 51.4 cm³/mol. The Hall–Kier alpha value is -0.730. The van der Waals surface area contributed by atoms with Gasteiger partial charge in [0.15, 0.2) is 0 Å². The molecule has 0 bridgehead atoms. The van der Waals surface area contributed by atoms with Crippen LogP contribution in [0.5, 0.6) is 0 Å². The maximum absolute atomic E-state index is 10.8. The Bertz CT molecular complexity index is 182. The van der Waals surface area contributed by atoms with E-state index in [1.165, 1.54) is 6.42 Å². The summed E-state index contributed by atoms with van der Waals surface area (Å²) in [5.41, 5.74) is 0. The average molecular weight is 183 g/mol. The molecule has 1 aliphatic carbocycles. The lowest BCUT2D eigenvalue weighted by Crippen LogP contribution is -2.24. The lowest BCUT2D eigenvalue weighted by Gasteiger charge is -2.21. The van der Waals surface area contributed by atoms with Gasteiger partial charge < -0.3 is 4.79 Å². The Labute approximate surface area is 78.9 Å². The van der Waals surface area contributed by atoms with Crippen LogP contribution in [0.4, 0.5) is 0 Å². The Morgan fingerprint density at radius 1 is 1.31 bits per heavy atom. The van der Waals surface area contributed by atoms with Crippen molar-refractivity contribution in [3.63, 3.8) is 0 Å². The van der Waals surface area contributed by atoms with Gasteiger partial charge in [-0.2, -0.15) is 4.91 Å². The van der Waals surface area contributed by atoms with Crippen molar-refractivity contribution in [3.8, 4) is 0 Å². The molecule has 74 valence electrons. The fourth-order valence-corrected chi connectivity index (χ4v) is 2.21. The molecule has 0 aromatic carbocycles. The first-order chi connectivity index (χ1) is 6.29. The fraction of sp³-hybridized carbons (Fsp3) is 0.900. The summed E-state index contributed by atoms with van der Waals surface area (Å²) in [6.07, 6.45) is 6.37. The van der Waals surface area contributed by atoms with E-state index in [2.05, 4.69) is 5.18 Å². The van der Waals surface area contributed by atoms with Crippen molar-refractivity contribution < 1.29 is 4.79 Å². The molecule has 1 aliphatic rings. The molecule has 0 aromatic heterocycles. The van der Waals surface area contributed by atoms with Crippen LogP contribution in [0.25, 0.3) is 0 Å². The summed E-state index contributed by atoms with van der Waals surface area (Å²) in [6, 6.07) is -0.201. The van der Waals surface area contributed by atoms with Crippen LogP contribution in [-0.4, -0.2) is 12.3 Å². The van der Waals surface area contributed by atoms with Crippen LogP contribution in [0, 0.1) is 16.7 Å². The molecular weight excluding hydrogens is 166 g/mol. The van der Waals surface area contributed by atoms with Crippen LogP contribution in [0.2, 0.25) is 0 Å². The van der Waals surface area contributed by atoms with Gasteiger partial charge in [0.05, 0.1) is 6.04 Å². The Kier molecular flexibility index (Phi) is 4.06. The normalized spacial score (nSPS) is 31.8. The Balaban J connectivity index is 2.63. The highest BCUT2D eigenvalue weighted by Crippen LogP contribution is 2.30. The van der Waals surface area contributed by atoms with E-state index in [4.69, 9.17) is 0 Å². The van der Waals surface area contributed by atoms with Gasteiger partial charge in [0.1, 0.15) is 6.29 Å². The maximum atomic E-state index is 10.8. The number of rotatable bonds is 3. The third kappa shape index (κ3) is 2.61. The van der Waals surface area contributed by atoms with Gasteiger partial charge in [-0.3, -0.25) is 0 Å². The summed E-state index contributed by atoms with van der Waals surface area (Å²) in [6.45, 7) is 1.82. The van der Waals surface area contributed by atoms with Gasteiger partial charge in [-0.1, -0.05) is 24.4 Å². The summed E-state index contributed by atoms with van der Waals surface area (Å²) in [7, 11) is 0. The third-order valence-corrected chi connectivity index (χ3v) is 3.09. The summed E-state index contributed by atoms with van der Waals surface area (Å²) >= 11 is 0. The van der Waals surface area contributed by atoms with E-state index in [0.717, 1.165) is 32.0 Å². The maximum Gasteiger partial charge on any atom is 0.123 e. The van der Waals surface area contributed by atoms with Crippen molar-refractivity contribution in [2.24, 2.45) is 17.0 Å². The molecule has 0 amide bonds. The van der Waals surface area contributed by atoms with Crippen LogP contribution in [-0.2, 0) is 4.79 Å². The quantitative estimate of drug-likeness (QED) is 0.383. The van der Waals surface area contributed by atoms with Gasteiger partial charge in [-0.05, 0) is 25.7 Å². The largest absolute Gasteiger partial charge is 0.303 e. The zero-order valence-electron chi connectivity index (χ0n) is 8.11. The molecule has 0 saturated heterocycles. The highest BCUT2D eigenvalue weighted by Gasteiger charge is 2.28. The van der Waals surface area contributed by atoms with E-state index >= 15 is 0 Å². The number of aldehydes is 1. The van der Waals surface area contributed by atoms with E-state index in [1.54, 1.807) is 0 Å². The standard InChI is InChI=1S/C10H17NO2/c1-8(11-13)10-6-4-2-3-5-9(10)7-12/h7-10H,2-6H2,1H3. The van der Waals surface area contributed by atoms with Crippen LogP contribution in [0.3, 0.4) is 0 Å². The first kappa shape index (κ1) is 10.4. The van der Waals surface area contributed by atoms with Crippen molar-refractivity contribution in [1.29, 1.82) is 0 Å².